The molecule has 0 saturated carbocycles. The monoisotopic (exact) mass is 518 g/mol. The van der Waals surface area contributed by atoms with E-state index < -0.39 is 29.8 Å². The van der Waals surface area contributed by atoms with Crippen molar-refractivity contribution in [1.82, 2.24) is 0 Å². The van der Waals surface area contributed by atoms with Gasteiger partial charge in [-0.15, -0.1) is 0 Å². The van der Waals surface area contributed by atoms with Gasteiger partial charge in [0.05, 0.1) is 0 Å². The van der Waals surface area contributed by atoms with Crippen molar-refractivity contribution in [2.24, 2.45) is 0 Å². The number of carbonyl (C=O) groups excluding carboxylic acids is 5. The van der Waals surface area contributed by atoms with E-state index >= 15 is 0 Å². The first-order chi connectivity index (χ1) is 18.1. The van der Waals surface area contributed by atoms with E-state index in [-0.39, 0.29) is 28.7 Å². The van der Waals surface area contributed by atoms with Gasteiger partial charge in [0.1, 0.15) is 5.75 Å². The maximum Gasteiger partial charge on any atom is 0.336 e. The Hall–Kier alpha value is -5.51. The first-order valence-corrected chi connectivity index (χ1v) is 10.7. The summed E-state index contributed by atoms with van der Waals surface area (Å²) in [6, 6.07) is 7.98. The van der Waals surface area contributed by atoms with Crippen LogP contribution in [0.5, 0.6) is 28.7 Å². The Morgan fingerprint density at radius 2 is 0.974 bits per heavy atom. The lowest BCUT2D eigenvalue weighted by Crippen LogP contribution is -2.10. The molecule has 0 fully saturated rings. The zero-order valence-electron chi connectivity index (χ0n) is 20.3. The molecule has 0 N–H and O–H groups in total. The van der Waals surface area contributed by atoms with Crippen LogP contribution in [-0.2, 0) is 24.0 Å². The number of carbonyl (C=O) groups is 5. The van der Waals surface area contributed by atoms with E-state index in [0.29, 0.717) is 11.1 Å². The summed E-state index contributed by atoms with van der Waals surface area (Å²) in [6.45, 7) is 14.8. The zero-order chi connectivity index (χ0) is 28.2. The fraction of sp³-hybridized carbons (Fsp3) is 0.0357. The van der Waals surface area contributed by atoms with E-state index in [9.17, 15) is 24.0 Å². The number of hydrogen-bond acceptors (Lipinski definition) is 10. The Balaban J connectivity index is 2.35. The van der Waals surface area contributed by atoms with Gasteiger partial charge in [-0.25, -0.2) is 24.0 Å². The molecule has 0 atom stereocenters. The van der Waals surface area contributed by atoms with Crippen LogP contribution in [0.15, 0.2) is 93.1 Å². The topological polar surface area (TPSA) is 132 Å². The SMILES string of the molecule is C=CC(=O)Oc1ccc(OC(=O)C=C(C)c2ccc(OC(=O)C=C)c(OC(=O)C=C)c2)c(OC(=O)C=C)c1. The molecule has 0 aliphatic heterocycles. The molecular formula is C28H22O10. The van der Waals surface area contributed by atoms with Crippen LogP contribution in [-0.4, -0.2) is 29.8 Å². The molecule has 0 unspecified atom stereocenters. The summed E-state index contributed by atoms with van der Waals surface area (Å²) in [7, 11) is 0. The second-order valence-electron chi connectivity index (χ2n) is 7.02. The summed E-state index contributed by atoms with van der Waals surface area (Å²) in [5.41, 5.74) is 0.783. The Bertz CT molecular complexity index is 1360. The molecule has 0 aromatic heterocycles. The number of ether oxygens (including phenoxy) is 5. The average molecular weight is 518 g/mol. The minimum atomic E-state index is -0.860. The third-order valence-corrected chi connectivity index (χ3v) is 4.38. The largest absolute Gasteiger partial charge is 0.423 e. The molecule has 194 valence electrons. The molecule has 10 heteroatoms. The van der Waals surface area contributed by atoms with Crippen molar-refractivity contribution >= 4 is 35.4 Å². The molecule has 0 bridgehead atoms. The van der Waals surface area contributed by atoms with Crippen molar-refractivity contribution < 1.29 is 47.7 Å². The first-order valence-electron chi connectivity index (χ1n) is 10.7. The van der Waals surface area contributed by atoms with E-state index in [1.165, 1.54) is 36.4 Å². The maximum atomic E-state index is 12.6. The minimum Gasteiger partial charge on any atom is -0.423 e. The summed E-state index contributed by atoms with van der Waals surface area (Å²) in [5, 5.41) is 0. The molecule has 0 aliphatic carbocycles. The molecule has 10 nitrogen and oxygen atoms in total. The summed E-state index contributed by atoms with van der Waals surface area (Å²) in [6.07, 6.45) is 4.81. The number of esters is 5. The minimum absolute atomic E-state index is 0.00660. The second kappa shape index (κ2) is 13.5. The molecule has 0 amide bonds. The second-order valence-corrected chi connectivity index (χ2v) is 7.02. The van der Waals surface area contributed by atoms with Crippen LogP contribution in [0, 0.1) is 0 Å². The molecule has 38 heavy (non-hydrogen) atoms. The Labute approximate surface area is 217 Å². The highest BCUT2D eigenvalue weighted by Gasteiger charge is 2.16. The number of benzene rings is 2. The number of allylic oxidation sites excluding steroid dienone is 1. The van der Waals surface area contributed by atoms with Gasteiger partial charge >= 0.3 is 29.8 Å². The Morgan fingerprint density at radius 3 is 1.50 bits per heavy atom. The van der Waals surface area contributed by atoms with Crippen LogP contribution < -0.4 is 23.7 Å². The first kappa shape index (κ1) is 28.7. The van der Waals surface area contributed by atoms with Gasteiger partial charge < -0.3 is 23.7 Å². The van der Waals surface area contributed by atoms with Crippen LogP contribution in [0.2, 0.25) is 0 Å². The molecule has 2 rings (SSSR count). The third kappa shape index (κ3) is 8.31. The lowest BCUT2D eigenvalue weighted by Gasteiger charge is -2.12. The Morgan fingerprint density at radius 1 is 0.553 bits per heavy atom. The molecule has 2 aromatic rings. The standard InChI is InChI=1S/C28H22O10/c1-6-24(29)34-19-11-13-21(23(16-19)38-27(32)9-4)36-28(33)14-17(5)18-10-12-20(35-25(30)7-2)22(15-18)37-26(31)8-3/h6-16H,1-4H2,5H3. The lowest BCUT2D eigenvalue weighted by molar-refractivity contribution is -0.131. The highest BCUT2D eigenvalue weighted by atomic mass is 16.6. The van der Waals surface area contributed by atoms with Crippen LogP contribution in [0.4, 0.5) is 0 Å². The zero-order valence-corrected chi connectivity index (χ0v) is 20.3. The van der Waals surface area contributed by atoms with Gasteiger partial charge in [0, 0.05) is 36.4 Å². The fourth-order valence-electron chi connectivity index (χ4n) is 2.64. The lowest BCUT2D eigenvalue weighted by atomic mass is 10.1. The van der Waals surface area contributed by atoms with Crippen LogP contribution in [0.1, 0.15) is 12.5 Å². The summed E-state index contributed by atoms with van der Waals surface area (Å²) < 4.78 is 25.6. The van der Waals surface area contributed by atoms with Crippen molar-refractivity contribution in [3.63, 3.8) is 0 Å². The summed E-state index contributed by atoms with van der Waals surface area (Å²) >= 11 is 0. The van der Waals surface area contributed by atoms with Crippen molar-refractivity contribution in [1.29, 1.82) is 0 Å². The molecule has 0 saturated heterocycles. The van der Waals surface area contributed by atoms with Gasteiger partial charge in [-0.2, -0.15) is 0 Å². The van der Waals surface area contributed by atoms with E-state index in [4.69, 9.17) is 23.7 Å². The van der Waals surface area contributed by atoms with Crippen molar-refractivity contribution in [3.8, 4) is 28.7 Å². The highest BCUT2D eigenvalue weighted by molar-refractivity contribution is 5.93. The Kier molecular flexibility index (Phi) is 10.2. The van der Waals surface area contributed by atoms with Crippen molar-refractivity contribution in [3.05, 3.63) is 98.7 Å². The van der Waals surface area contributed by atoms with Gasteiger partial charge in [-0.1, -0.05) is 32.4 Å². The average Bonchev–Trinajstić information content (AvgIpc) is 2.90. The molecular weight excluding hydrogens is 496 g/mol. The quantitative estimate of drug-likeness (QED) is 0.244. The van der Waals surface area contributed by atoms with Gasteiger partial charge in [0.2, 0.25) is 0 Å². The highest BCUT2D eigenvalue weighted by Crippen LogP contribution is 2.34. The van der Waals surface area contributed by atoms with Gasteiger partial charge in [0.15, 0.2) is 23.0 Å². The fourth-order valence-corrected chi connectivity index (χ4v) is 2.64. The molecule has 2 aromatic carbocycles. The van der Waals surface area contributed by atoms with Crippen molar-refractivity contribution in [2.75, 3.05) is 0 Å². The maximum absolute atomic E-state index is 12.6. The number of hydrogen-bond donors (Lipinski definition) is 0. The van der Waals surface area contributed by atoms with Gasteiger partial charge in [0.25, 0.3) is 0 Å². The predicted octanol–water partition coefficient (Wildman–Crippen LogP) is 4.06. The predicted molar refractivity (Wildman–Crippen MR) is 135 cm³/mol. The molecule has 0 heterocycles. The summed E-state index contributed by atoms with van der Waals surface area (Å²) in [4.78, 5) is 59.1. The third-order valence-electron chi connectivity index (χ3n) is 4.38. The van der Waals surface area contributed by atoms with Gasteiger partial charge in [-0.05, 0) is 42.3 Å². The molecule has 0 aliphatic rings. The molecule has 0 radical (unpaired) electrons. The van der Waals surface area contributed by atoms with Gasteiger partial charge in [-0.3, -0.25) is 0 Å². The molecule has 0 spiro atoms. The van der Waals surface area contributed by atoms with E-state index in [2.05, 4.69) is 26.3 Å². The van der Waals surface area contributed by atoms with Crippen LogP contribution in [0.25, 0.3) is 5.57 Å². The van der Waals surface area contributed by atoms with Crippen LogP contribution >= 0.6 is 0 Å². The smallest absolute Gasteiger partial charge is 0.336 e. The van der Waals surface area contributed by atoms with E-state index in [1.54, 1.807) is 6.92 Å². The summed E-state index contributed by atoms with van der Waals surface area (Å²) in [5.74, 6) is -4.56. The van der Waals surface area contributed by atoms with Crippen LogP contribution in [0.3, 0.4) is 0 Å². The normalized spacial score (nSPS) is 10.3. The van der Waals surface area contributed by atoms with E-state index in [1.807, 2.05) is 0 Å². The number of rotatable bonds is 11. The van der Waals surface area contributed by atoms with Crippen molar-refractivity contribution in [2.45, 2.75) is 6.92 Å². The van der Waals surface area contributed by atoms with E-state index in [0.717, 1.165) is 30.4 Å².